The molecule has 1 rings (SSSR count). The zero-order valence-corrected chi connectivity index (χ0v) is 12.9. The molecular weight excluding hydrogens is 276 g/mol. The number of carboxylic acids is 1. The summed E-state index contributed by atoms with van der Waals surface area (Å²) in [5.74, 6) is -1.02. The lowest BCUT2D eigenvalue weighted by atomic mass is 10.1. The van der Waals surface area contributed by atoms with Gasteiger partial charge in [-0.2, -0.15) is 0 Å². The van der Waals surface area contributed by atoms with E-state index < -0.39 is 15.8 Å². The average Bonchev–Trinajstić information content (AvgIpc) is 2.38. The Bertz CT molecular complexity index is 561. The smallest absolute Gasteiger partial charge is 0.335 e. The van der Waals surface area contributed by atoms with Gasteiger partial charge in [-0.1, -0.05) is 38.7 Å². The number of carbonyl (C=O) groups is 1. The summed E-state index contributed by atoms with van der Waals surface area (Å²) in [6.07, 6.45) is 4.80. The lowest BCUT2D eigenvalue weighted by molar-refractivity contribution is 0.0696. The molecule has 4 nitrogen and oxygen atoms in total. The van der Waals surface area contributed by atoms with Crippen molar-refractivity contribution in [3.05, 3.63) is 29.3 Å². The lowest BCUT2D eigenvalue weighted by Gasteiger charge is -2.08. The molecule has 0 spiro atoms. The summed E-state index contributed by atoms with van der Waals surface area (Å²) < 4.78 is 24.5. The second kappa shape index (κ2) is 7.43. The Balaban J connectivity index is 2.81. The lowest BCUT2D eigenvalue weighted by Crippen LogP contribution is -2.10. The summed E-state index contributed by atoms with van der Waals surface area (Å²) in [4.78, 5) is 11.1. The van der Waals surface area contributed by atoms with Crippen molar-refractivity contribution in [3.8, 4) is 0 Å². The van der Waals surface area contributed by atoms with Gasteiger partial charge < -0.3 is 5.11 Å². The highest BCUT2D eigenvalue weighted by atomic mass is 32.2. The highest BCUT2D eigenvalue weighted by Gasteiger charge is 2.18. The maximum absolute atomic E-state index is 12.3. The highest BCUT2D eigenvalue weighted by molar-refractivity contribution is 7.91. The van der Waals surface area contributed by atoms with Gasteiger partial charge in [-0.15, -0.1) is 0 Å². The first-order valence-electron chi connectivity index (χ1n) is 6.95. The zero-order chi connectivity index (χ0) is 15.2. The molecule has 0 bridgehead atoms. The van der Waals surface area contributed by atoms with Crippen molar-refractivity contribution in [3.63, 3.8) is 0 Å². The number of carboxylic acid groups (broad SMARTS) is 1. The first kappa shape index (κ1) is 16.7. The van der Waals surface area contributed by atoms with Crippen LogP contribution in [0.2, 0.25) is 0 Å². The van der Waals surface area contributed by atoms with Crippen LogP contribution in [-0.2, 0) is 9.84 Å². The molecule has 0 unspecified atom stereocenters. The standard InChI is InChI=1S/C15H22O4S/c1-3-4-5-6-7-10-20(18,19)14-11-13(15(16)17)9-8-12(14)2/h8-9,11H,3-7,10H2,1-2H3,(H,16,17). The molecule has 0 saturated carbocycles. The summed E-state index contributed by atoms with van der Waals surface area (Å²) in [7, 11) is -3.40. The van der Waals surface area contributed by atoms with Crippen LogP contribution in [0.1, 0.15) is 54.9 Å². The van der Waals surface area contributed by atoms with E-state index in [4.69, 9.17) is 5.11 Å². The number of aryl methyl sites for hydroxylation is 1. The van der Waals surface area contributed by atoms with E-state index in [2.05, 4.69) is 6.92 Å². The molecule has 1 aromatic carbocycles. The molecule has 0 heterocycles. The minimum Gasteiger partial charge on any atom is -0.478 e. The molecule has 0 radical (unpaired) electrons. The third-order valence-electron chi connectivity index (χ3n) is 3.29. The van der Waals surface area contributed by atoms with E-state index in [1.54, 1.807) is 13.0 Å². The molecule has 112 valence electrons. The number of rotatable bonds is 8. The van der Waals surface area contributed by atoms with E-state index in [1.807, 2.05) is 0 Å². The number of hydrogen-bond donors (Lipinski definition) is 1. The maximum Gasteiger partial charge on any atom is 0.335 e. The van der Waals surface area contributed by atoms with E-state index in [0.29, 0.717) is 12.0 Å². The van der Waals surface area contributed by atoms with Crippen LogP contribution >= 0.6 is 0 Å². The first-order valence-corrected chi connectivity index (χ1v) is 8.60. The van der Waals surface area contributed by atoms with Crippen molar-refractivity contribution in [1.82, 2.24) is 0 Å². The van der Waals surface area contributed by atoms with Crippen LogP contribution < -0.4 is 0 Å². The Hall–Kier alpha value is -1.36. The van der Waals surface area contributed by atoms with Crippen molar-refractivity contribution >= 4 is 15.8 Å². The van der Waals surface area contributed by atoms with Crippen molar-refractivity contribution < 1.29 is 18.3 Å². The van der Waals surface area contributed by atoms with Gasteiger partial charge in [-0.25, -0.2) is 13.2 Å². The van der Waals surface area contributed by atoms with Crippen LogP contribution in [-0.4, -0.2) is 25.2 Å². The molecule has 0 saturated heterocycles. The van der Waals surface area contributed by atoms with Crippen LogP contribution in [0.15, 0.2) is 23.1 Å². The SMILES string of the molecule is CCCCCCCS(=O)(=O)c1cc(C(=O)O)ccc1C. The van der Waals surface area contributed by atoms with Crippen LogP contribution in [0.3, 0.4) is 0 Å². The molecule has 0 aliphatic carbocycles. The fourth-order valence-electron chi connectivity index (χ4n) is 2.07. The Kier molecular flexibility index (Phi) is 6.20. The van der Waals surface area contributed by atoms with Gasteiger partial charge in [0.2, 0.25) is 0 Å². The van der Waals surface area contributed by atoms with Gasteiger partial charge in [0.25, 0.3) is 0 Å². The molecule has 5 heteroatoms. The Labute approximate surface area is 120 Å². The first-order chi connectivity index (χ1) is 9.38. The molecular formula is C15H22O4S. The van der Waals surface area contributed by atoms with Gasteiger partial charge >= 0.3 is 5.97 Å². The molecule has 0 aliphatic heterocycles. The van der Waals surface area contributed by atoms with E-state index in [0.717, 1.165) is 25.7 Å². The molecule has 20 heavy (non-hydrogen) atoms. The number of aromatic carboxylic acids is 1. The Morgan fingerprint density at radius 1 is 1.15 bits per heavy atom. The molecule has 0 aromatic heterocycles. The van der Waals surface area contributed by atoms with Crippen molar-refractivity contribution in [2.45, 2.75) is 50.8 Å². The molecule has 1 N–H and O–H groups in total. The molecule has 0 atom stereocenters. The number of hydrogen-bond acceptors (Lipinski definition) is 3. The quantitative estimate of drug-likeness (QED) is 0.746. The van der Waals surface area contributed by atoms with Crippen molar-refractivity contribution in [1.29, 1.82) is 0 Å². The zero-order valence-electron chi connectivity index (χ0n) is 12.1. The number of sulfone groups is 1. The molecule has 1 aromatic rings. The van der Waals surface area contributed by atoms with Crippen molar-refractivity contribution in [2.75, 3.05) is 5.75 Å². The second-order valence-electron chi connectivity index (χ2n) is 5.02. The summed E-state index contributed by atoms with van der Waals surface area (Å²) in [5.41, 5.74) is 0.615. The van der Waals surface area contributed by atoms with Gasteiger partial charge in [0.05, 0.1) is 16.2 Å². The van der Waals surface area contributed by atoms with Gasteiger partial charge in [0, 0.05) is 0 Å². The normalized spacial score (nSPS) is 11.5. The molecule has 0 amide bonds. The van der Waals surface area contributed by atoms with Gasteiger partial charge in [0.15, 0.2) is 9.84 Å². The highest BCUT2D eigenvalue weighted by Crippen LogP contribution is 2.20. The fraction of sp³-hybridized carbons (Fsp3) is 0.533. The minimum absolute atomic E-state index is 0.0140. The third-order valence-corrected chi connectivity index (χ3v) is 5.22. The average molecular weight is 298 g/mol. The monoisotopic (exact) mass is 298 g/mol. The molecule has 0 aliphatic rings. The van der Waals surface area contributed by atoms with Crippen molar-refractivity contribution in [2.24, 2.45) is 0 Å². The molecule has 0 fully saturated rings. The van der Waals surface area contributed by atoms with Crippen LogP contribution in [0, 0.1) is 6.92 Å². The van der Waals surface area contributed by atoms with Gasteiger partial charge in [0.1, 0.15) is 0 Å². The maximum atomic E-state index is 12.3. The largest absolute Gasteiger partial charge is 0.478 e. The summed E-state index contributed by atoms with van der Waals surface area (Å²) in [6.45, 7) is 3.80. The van der Waals surface area contributed by atoms with E-state index in [1.165, 1.54) is 12.1 Å². The van der Waals surface area contributed by atoms with Gasteiger partial charge in [-0.3, -0.25) is 0 Å². The van der Waals surface area contributed by atoms with E-state index in [-0.39, 0.29) is 16.2 Å². The summed E-state index contributed by atoms with van der Waals surface area (Å²) >= 11 is 0. The van der Waals surface area contributed by atoms with Gasteiger partial charge in [-0.05, 0) is 31.0 Å². The summed E-state index contributed by atoms with van der Waals surface area (Å²) in [5, 5.41) is 8.94. The van der Waals surface area contributed by atoms with Crippen LogP contribution in [0.4, 0.5) is 0 Å². The second-order valence-corrected chi connectivity index (χ2v) is 7.10. The number of unbranched alkanes of at least 4 members (excludes halogenated alkanes) is 4. The topological polar surface area (TPSA) is 71.4 Å². The predicted octanol–water partition coefficient (Wildman–Crippen LogP) is 3.44. The Morgan fingerprint density at radius 2 is 1.80 bits per heavy atom. The van der Waals surface area contributed by atoms with E-state index >= 15 is 0 Å². The predicted molar refractivity (Wildman–Crippen MR) is 79.0 cm³/mol. The summed E-state index contributed by atoms with van der Waals surface area (Å²) in [6, 6.07) is 4.24. The van der Waals surface area contributed by atoms with Crippen LogP contribution in [0.5, 0.6) is 0 Å². The number of benzene rings is 1. The Morgan fingerprint density at radius 3 is 2.40 bits per heavy atom. The minimum atomic E-state index is -3.40. The van der Waals surface area contributed by atoms with Crippen LogP contribution in [0.25, 0.3) is 0 Å². The van der Waals surface area contributed by atoms with E-state index in [9.17, 15) is 13.2 Å². The third kappa shape index (κ3) is 4.63. The fourth-order valence-corrected chi connectivity index (χ4v) is 3.74.